The highest BCUT2D eigenvalue weighted by molar-refractivity contribution is 5.94. The first-order valence-electron chi connectivity index (χ1n) is 11.5. The van der Waals surface area contributed by atoms with Crippen molar-refractivity contribution in [2.45, 2.75) is 32.2 Å². The molecule has 1 heterocycles. The Hall–Kier alpha value is -3.40. The molecule has 1 aliphatic heterocycles. The van der Waals surface area contributed by atoms with Gasteiger partial charge >= 0.3 is 6.18 Å². The number of hydrogen-bond donors (Lipinski definition) is 1. The van der Waals surface area contributed by atoms with Gasteiger partial charge in [0.05, 0.1) is 0 Å². The van der Waals surface area contributed by atoms with Gasteiger partial charge in [0.25, 0.3) is 5.91 Å². The van der Waals surface area contributed by atoms with E-state index < -0.39 is 24.7 Å². The molecule has 36 heavy (non-hydrogen) atoms. The third-order valence-corrected chi connectivity index (χ3v) is 6.01. The van der Waals surface area contributed by atoms with Crippen LogP contribution in [-0.2, 0) is 4.79 Å². The first-order chi connectivity index (χ1) is 17.0. The van der Waals surface area contributed by atoms with E-state index in [1.807, 2.05) is 12.2 Å². The molecule has 194 valence electrons. The van der Waals surface area contributed by atoms with Gasteiger partial charge in [0.1, 0.15) is 24.2 Å². The molecule has 1 saturated heterocycles. The normalized spacial score (nSPS) is 17.4. The number of aryl methyl sites for hydroxylation is 1. The monoisotopic (exact) mass is 507 g/mol. The van der Waals surface area contributed by atoms with Gasteiger partial charge in [0, 0.05) is 37.8 Å². The fraction of sp³-hybridized carbons (Fsp3) is 0.385. The summed E-state index contributed by atoms with van der Waals surface area (Å²) in [6, 6.07) is 10.5. The Morgan fingerprint density at radius 2 is 1.89 bits per heavy atom. The molecule has 6 nitrogen and oxygen atoms in total. The van der Waals surface area contributed by atoms with Crippen LogP contribution in [0, 0.1) is 12.7 Å². The van der Waals surface area contributed by atoms with Gasteiger partial charge in [-0.2, -0.15) is 13.2 Å². The minimum absolute atomic E-state index is 0.0471. The molecule has 3 rings (SSSR count). The zero-order chi connectivity index (χ0) is 26.5. The van der Waals surface area contributed by atoms with Crippen LogP contribution in [0.5, 0.6) is 5.75 Å². The fourth-order valence-electron chi connectivity index (χ4n) is 4.03. The number of rotatable bonds is 8. The van der Waals surface area contributed by atoms with Gasteiger partial charge in [-0.3, -0.25) is 14.5 Å². The van der Waals surface area contributed by atoms with E-state index in [1.165, 1.54) is 36.4 Å². The largest absolute Gasteiger partial charge is 0.484 e. The van der Waals surface area contributed by atoms with Crippen molar-refractivity contribution < 1.29 is 31.9 Å². The van der Waals surface area contributed by atoms with E-state index in [1.54, 1.807) is 24.0 Å². The van der Waals surface area contributed by atoms with Crippen LogP contribution in [0.15, 0.2) is 55.1 Å². The second-order valence-electron chi connectivity index (χ2n) is 8.78. The van der Waals surface area contributed by atoms with E-state index in [9.17, 15) is 27.2 Å². The van der Waals surface area contributed by atoms with Crippen molar-refractivity contribution in [3.05, 3.63) is 77.6 Å². The molecule has 0 aliphatic carbocycles. The van der Waals surface area contributed by atoms with Crippen molar-refractivity contribution in [3.63, 3.8) is 0 Å². The summed E-state index contributed by atoms with van der Waals surface area (Å²) < 4.78 is 57.6. The summed E-state index contributed by atoms with van der Waals surface area (Å²) in [5, 5.41) is 1.82. The average molecular weight is 508 g/mol. The number of benzene rings is 2. The molecule has 0 bridgehead atoms. The number of halogens is 4. The summed E-state index contributed by atoms with van der Waals surface area (Å²) in [6.45, 7) is 7.84. The standard InChI is InChI=1S/C26H29F4N3O3/c1-4-24(34)33-12-11-32(14-18(33)3)15-23(20-6-5-17(2)22(27)13-20)36-21-9-7-19(8-10-21)25(35)31-16-26(28,29)30/h4-10,13,18,23H,1,11-12,14-16H2,2-3H3,(H,31,35)/t18-,23+/m1/s1. The summed E-state index contributed by atoms with van der Waals surface area (Å²) in [7, 11) is 0. The lowest BCUT2D eigenvalue weighted by Gasteiger charge is -2.40. The number of piperazine rings is 1. The zero-order valence-electron chi connectivity index (χ0n) is 20.1. The quantitative estimate of drug-likeness (QED) is 0.429. The van der Waals surface area contributed by atoms with Crippen LogP contribution in [0.3, 0.4) is 0 Å². The molecule has 2 amide bonds. The third-order valence-electron chi connectivity index (χ3n) is 6.01. The highest BCUT2D eigenvalue weighted by Gasteiger charge is 2.29. The molecule has 2 aromatic rings. The van der Waals surface area contributed by atoms with Crippen molar-refractivity contribution in [2.24, 2.45) is 0 Å². The molecule has 0 unspecified atom stereocenters. The van der Waals surface area contributed by atoms with Crippen LogP contribution >= 0.6 is 0 Å². The highest BCUT2D eigenvalue weighted by Crippen LogP contribution is 2.26. The Labute approximate surface area is 207 Å². The van der Waals surface area contributed by atoms with Gasteiger partial charge in [0.2, 0.25) is 5.91 Å². The van der Waals surface area contributed by atoms with Crippen molar-refractivity contribution >= 4 is 11.8 Å². The lowest BCUT2D eigenvalue weighted by Crippen LogP contribution is -2.54. The van der Waals surface area contributed by atoms with Crippen LogP contribution in [-0.4, -0.2) is 66.6 Å². The second kappa shape index (κ2) is 11.6. The summed E-state index contributed by atoms with van der Waals surface area (Å²) in [6.07, 6.45) is -3.78. The molecule has 2 aromatic carbocycles. The third kappa shape index (κ3) is 7.30. The Bertz CT molecular complexity index is 1090. The number of amides is 2. The molecule has 1 fully saturated rings. The lowest BCUT2D eigenvalue weighted by molar-refractivity contribution is -0.130. The SMILES string of the molecule is C=CC(=O)N1CCN(C[C@H](Oc2ccc(C(=O)NCC(F)(F)F)cc2)c2ccc(C)c(F)c2)C[C@H]1C. The number of ether oxygens (including phenoxy) is 1. The summed E-state index contributed by atoms with van der Waals surface area (Å²) >= 11 is 0. The molecule has 0 aromatic heterocycles. The van der Waals surface area contributed by atoms with Crippen molar-refractivity contribution in [1.82, 2.24) is 15.1 Å². The minimum atomic E-state index is -4.50. The minimum Gasteiger partial charge on any atom is -0.484 e. The molecule has 0 saturated carbocycles. The number of carbonyl (C=O) groups is 2. The highest BCUT2D eigenvalue weighted by atomic mass is 19.4. The zero-order valence-corrected chi connectivity index (χ0v) is 20.1. The first-order valence-corrected chi connectivity index (χ1v) is 11.5. The van der Waals surface area contributed by atoms with Gasteiger partial charge < -0.3 is 15.0 Å². The Morgan fingerprint density at radius 1 is 1.19 bits per heavy atom. The maximum Gasteiger partial charge on any atom is 0.405 e. The van der Waals surface area contributed by atoms with Gasteiger partial charge in [-0.25, -0.2) is 4.39 Å². The predicted molar refractivity (Wildman–Crippen MR) is 127 cm³/mol. The van der Waals surface area contributed by atoms with Gasteiger partial charge in [0.15, 0.2) is 0 Å². The number of nitrogens with one attached hydrogen (secondary N) is 1. The van der Waals surface area contributed by atoms with E-state index in [0.29, 0.717) is 43.1 Å². The number of nitrogens with zero attached hydrogens (tertiary/aromatic N) is 2. The van der Waals surface area contributed by atoms with Crippen LogP contribution in [0.2, 0.25) is 0 Å². The average Bonchev–Trinajstić information content (AvgIpc) is 2.83. The van der Waals surface area contributed by atoms with Crippen LogP contribution in [0.4, 0.5) is 17.6 Å². The maximum absolute atomic E-state index is 14.3. The van der Waals surface area contributed by atoms with Crippen molar-refractivity contribution in [2.75, 3.05) is 32.7 Å². The van der Waals surface area contributed by atoms with E-state index in [2.05, 4.69) is 11.5 Å². The Balaban J connectivity index is 1.74. The Kier molecular flexibility index (Phi) is 8.73. The van der Waals surface area contributed by atoms with E-state index in [-0.39, 0.29) is 23.3 Å². The van der Waals surface area contributed by atoms with E-state index in [0.717, 1.165) is 0 Å². The van der Waals surface area contributed by atoms with Gasteiger partial charge in [-0.1, -0.05) is 18.7 Å². The van der Waals surface area contributed by atoms with Crippen molar-refractivity contribution in [1.29, 1.82) is 0 Å². The molecule has 1 N–H and O–H groups in total. The molecule has 2 atom stereocenters. The maximum atomic E-state index is 14.3. The molecule has 0 radical (unpaired) electrons. The number of alkyl halides is 3. The summed E-state index contributed by atoms with van der Waals surface area (Å²) in [5.74, 6) is -0.971. The number of carbonyl (C=O) groups excluding carboxylic acids is 2. The molecular weight excluding hydrogens is 478 g/mol. The molecule has 0 spiro atoms. The Morgan fingerprint density at radius 3 is 2.47 bits per heavy atom. The van der Waals surface area contributed by atoms with Crippen molar-refractivity contribution in [3.8, 4) is 5.75 Å². The van der Waals surface area contributed by atoms with Gasteiger partial charge in [-0.05, 0) is 61.4 Å². The van der Waals surface area contributed by atoms with E-state index in [4.69, 9.17) is 4.74 Å². The van der Waals surface area contributed by atoms with Crippen LogP contribution in [0.1, 0.15) is 34.5 Å². The molecule has 10 heteroatoms. The van der Waals surface area contributed by atoms with Crippen LogP contribution in [0.25, 0.3) is 0 Å². The first kappa shape index (κ1) is 27.2. The topological polar surface area (TPSA) is 61.9 Å². The second-order valence-corrected chi connectivity index (χ2v) is 8.78. The van der Waals surface area contributed by atoms with Gasteiger partial charge in [-0.15, -0.1) is 0 Å². The molecule has 1 aliphatic rings. The lowest BCUT2D eigenvalue weighted by atomic mass is 10.0. The predicted octanol–water partition coefficient (Wildman–Crippen LogP) is 4.27. The summed E-state index contributed by atoms with van der Waals surface area (Å²) in [5.41, 5.74) is 1.17. The van der Waals surface area contributed by atoms with Crippen LogP contribution < -0.4 is 10.1 Å². The summed E-state index contributed by atoms with van der Waals surface area (Å²) in [4.78, 5) is 27.9. The smallest absolute Gasteiger partial charge is 0.405 e. The van der Waals surface area contributed by atoms with E-state index >= 15 is 0 Å². The number of hydrogen-bond acceptors (Lipinski definition) is 4. The molecular formula is C26H29F4N3O3. The fourth-order valence-corrected chi connectivity index (χ4v) is 4.03.